The van der Waals surface area contributed by atoms with E-state index in [1.165, 1.54) is 11.0 Å². The fourth-order valence-electron chi connectivity index (χ4n) is 4.89. The Balaban J connectivity index is 1.68. The molecule has 224 valence electrons. The second kappa shape index (κ2) is 12.3. The highest BCUT2D eigenvalue weighted by atomic mass is 32.2. The zero-order valence-corrected chi connectivity index (χ0v) is 24.0. The Morgan fingerprint density at radius 1 is 1.21 bits per heavy atom. The summed E-state index contributed by atoms with van der Waals surface area (Å²) in [5.41, 5.74) is 1.95. The number of carboxylic acids is 1. The lowest BCUT2D eigenvalue weighted by molar-refractivity contribution is -0.889. The van der Waals surface area contributed by atoms with Crippen LogP contribution in [0, 0.1) is 0 Å². The van der Waals surface area contributed by atoms with Crippen LogP contribution in [0.25, 0.3) is 0 Å². The van der Waals surface area contributed by atoms with Crippen molar-refractivity contribution in [2.45, 2.75) is 31.3 Å². The molecule has 7 amide bonds. The largest absolute Gasteiger partial charge is 0.474 e. The Bertz CT molecular complexity index is 1380. The van der Waals surface area contributed by atoms with Gasteiger partial charge in [0.1, 0.15) is 12.6 Å². The number of β-lactam (4-membered cyclic amide) rings is 1. The van der Waals surface area contributed by atoms with Crippen LogP contribution in [0.3, 0.4) is 0 Å². The molecular weight excluding hydrogens is 596 g/mol. The number of thioether (sulfide) groups is 1. The minimum atomic E-state index is -1.57. The molecule has 0 aromatic carbocycles. The Kier molecular flexibility index (Phi) is 8.97. The molecule has 4 N–H and O–H groups in total. The van der Waals surface area contributed by atoms with Gasteiger partial charge in [-0.1, -0.05) is 17.8 Å². The van der Waals surface area contributed by atoms with E-state index in [1.54, 1.807) is 18.4 Å². The lowest BCUT2D eigenvalue weighted by Gasteiger charge is -2.53. The predicted octanol–water partition coefficient (Wildman–Crippen LogP) is -1.33. The standard InChI is InChI=1S/C24H26N6O10S2/c1-3-28-6-7-29(20(35)19(28)34)24(39)26-15(14-5-4-8-41-14)18(33)27-30-17(23(37)38)13(9-40-12(2)32)10-42-22(30)16(21(30)36)25-11-31/h4-5,8,11,15-16,22H,3,6-7,9-10H2,1-2H3,(H3-,25,26,27,31,33,37,38,39)/p+1/t15?,16-,22+,30?/m0/s1. The zero-order chi connectivity index (χ0) is 30.8. The van der Waals surface area contributed by atoms with Crippen LogP contribution in [0.4, 0.5) is 4.79 Å². The molecule has 1 aromatic rings. The van der Waals surface area contributed by atoms with Crippen LogP contribution in [0.5, 0.6) is 0 Å². The van der Waals surface area contributed by atoms with Crippen LogP contribution >= 0.6 is 23.1 Å². The molecule has 0 aliphatic carbocycles. The van der Waals surface area contributed by atoms with Gasteiger partial charge in [-0.25, -0.2) is 14.4 Å². The highest BCUT2D eigenvalue weighted by Gasteiger charge is 2.72. The predicted molar refractivity (Wildman–Crippen MR) is 143 cm³/mol. The van der Waals surface area contributed by atoms with Gasteiger partial charge in [0.2, 0.25) is 17.8 Å². The highest BCUT2D eigenvalue weighted by molar-refractivity contribution is 8.00. The van der Waals surface area contributed by atoms with E-state index >= 15 is 0 Å². The van der Waals surface area contributed by atoms with Gasteiger partial charge in [0.15, 0.2) is 0 Å². The molecule has 0 radical (unpaired) electrons. The monoisotopic (exact) mass is 623 g/mol. The average molecular weight is 624 g/mol. The summed E-state index contributed by atoms with van der Waals surface area (Å²) < 4.78 is 3.76. The number of carbonyl (C=O) groups is 8. The van der Waals surface area contributed by atoms with Crippen LogP contribution in [0.2, 0.25) is 0 Å². The quantitative estimate of drug-likeness (QED) is 0.0789. The summed E-state index contributed by atoms with van der Waals surface area (Å²) in [5, 5.41) is 15.6. The van der Waals surface area contributed by atoms with E-state index in [0.717, 1.165) is 30.0 Å². The molecule has 3 aliphatic rings. The van der Waals surface area contributed by atoms with E-state index in [-0.39, 0.29) is 42.2 Å². The number of nitrogens with zero attached hydrogens (tertiary/aromatic N) is 3. The van der Waals surface area contributed by atoms with E-state index in [2.05, 4.69) is 16.1 Å². The maximum absolute atomic E-state index is 13.8. The summed E-state index contributed by atoms with van der Waals surface area (Å²) in [4.78, 5) is 103. The summed E-state index contributed by atoms with van der Waals surface area (Å²) in [5.74, 6) is -6.09. The highest BCUT2D eigenvalue weighted by Crippen LogP contribution is 2.46. The number of esters is 1. The van der Waals surface area contributed by atoms with E-state index in [1.807, 2.05) is 0 Å². The van der Waals surface area contributed by atoms with Crippen LogP contribution in [-0.2, 0) is 38.3 Å². The Morgan fingerprint density at radius 2 is 1.95 bits per heavy atom. The SMILES string of the molecule is CCN1CCN(C(=O)NC(C(=O)N[N+]23C(=O)[C@H](NC=O)[C@H]2SCC(COC(C)=O)=C3C(=O)O)c2cccs2)C(=O)C1=O. The number of hydrogen-bond acceptors (Lipinski definition) is 11. The van der Waals surface area contributed by atoms with E-state index in [4.69, 9.17) is 4.74 Å². The molecule has 2 unspecified atom stereocenters. The fraction of sp³-hybridized carbons (Fsp3) is 0.417. The van der Waals surface area contributed by atoms with Crippen molar-refractivity contribution in [2.24, 2.45) is 0 Å². The first kappa shape index (κ1) is 30.7. The number of amides is 7. The summed E-state index contributed by atoms with van der Waals surface area (Å²) in [6.07, 6.45) is 0.280. The minimum Gasteiger partial charge on any atom is -0.474 e. The second-order valence-corrected chi connectivity index (χ2v) is 11.4. The normalized spacial score (nSPS) is 24.3. The molecule has 0 saturated carbocycles. The van der Waals surface area contributed by atoms with Crippen molar-refractivity contribution in [1.82, 2.24) is 25.9 Å². The third-order valence-corrected chi connectivity index (χ3v) is 9.26. The molecule has 4 rings (SSSR count). The van der Waals surface area contributed by atoms with E-state index in [9.17, 15) is 43.5 Å². The molecule has 1 aromatic heterocycles. The lowest BCUT2D eigenvalue weighted by atomic mass is 10.0. The first-order valence-corrected chi connectivity index (χ1v) is 14.5. The van der Waals surface area contributed by atoms with Gasteiger partial charge in [-0.05, 0) is 18.4 Å². The van der Waals surface area contributed by atoms with Gasteiger partial charge in [-0.15, -0.1) is 15.9 Å². The Labute approximate surface area is 246 Å². The number of piperazine rings is 1. The van der Waals surface area contributed by atoms with Crippen LogP contribution in [0.1, 0.15) is 24.8 Å². The number of thiophene rings is 1. The van der Waals surface area contributed by atoms with Crippen molar-refractivity contribution in [3.63, 3.8) is 0 Å². The lowest BCUT2D eigenvalue weighted by Crippen LogP contribution is -2.86. The summed E-state index contributed by atoms with van der Waals surface area (Å²) in [6, 6.07) is -0.601. The Morgan fingerprint density at radius 3 is 2.55 bits per heavy atom. The number of rotatable bonds is 10. The number of urea groups is 1. The van der Waals surface area contributed by atoms with Gasteiger partial charge < -0.3 is 25.4 Å². The second-order valence-electron chi connectivity index (χ2n) is 9.28. The molecule has 2 saturated heterocycles. The molecule has 2 fully saturated rings. The number of aliphatic carboxylic acids is 1. The van der Waals surface area contributed by atoms with Gasteiger partial charge in [-0.3, -0.25) is 28.9 Å². The van der Waals surface area contributed by atoms with Crippen LogP contribution < -0.4 is 16.1 Å². The third kappa shape index (κ3) is 5.35. The van der Waals surface area contributed by atoms with Crippen LogP contribution in [0.15, 0.2) is 28.8 Å². The number of imide groups is 1. The minimum absolute atomic E-state index is 0.0186. The number of hydrogen-bond donors (Lipinski definition) is 4. The van der Waals surface area contributed by atoms with Gasteiger partial charge in [-0.2, -0.15) is 5.43 Å². The van der Waals surface area contributed by atoms with Gasteiger partial charge in [0.05, 0.1) is 0 Å². The summed E-state index contributed by atoms with van der Waals surface area (Å²) in [6.45, 7) is 2.59. The molecule has 4 atom stereocenters. The van der Waals surface area contributed by atoms with Gasteiger partial charge in [0, 0.05) is 42.8 Å². The number of carbonyl (C=O) groups excluding carboxylic acids is 7. The van der Waals surface area contributed by atoms with Crippen molar-refractivity contribution in [3.05, 3.63) is 33.7 Å². The number of ether oxygens (including phenoxy) is 1. The number of likely N-dealkylation sites (N-methyl/N-ethyl adjacent to an activating group) is 1. The zero-order valence-electron chi connectivity index (χ0n) is 22.4. The number of carboxylic acid groups (broad SMARTS) is 1. The smallest absolute Gasteiger partial charge is 0.393 e. The summed E-state index contributed by atoms with van der Waals surface area (Å²) in [7, 11) is 0. The van der Waals surface area contributed by atoms with Crippen molar-refractivity contribution < 1.29 is 52.8 Å². The van der Waals surface area contributed by atoms with Crippen molar-refractivity contribution in [2.75, 3.05) is 32.0 Å². The number of quaternary nitrogens is 1. The molecule has 42 heavy (non-hydrogen) atoms. The van der Waals surface area contributed by atoms with E-state index < -0.39 is 76.0 Å². The summed E-state index contributed by atoms with van der Waals surface area (Å²) >= 11 is 2.12. The van der Waals surface area contributed by atoms with Crippen molar-refractivity contribution >= 4 is 71.1 Å². The van der Waals surface area contributed by atoms with Gasteiger partial charge in [0.25, 0.3) is 11.6 Å². The maximum Gasteiger partial charge on any atom is 0.393 e. The van der Waals surface area contributed by atoms with Crippen molar-refractivity contribution in [3.8, 4) is 0 Å². The third-order valence-electron chi connectivity index (χ3n) is 6.88. The molecule has 16 nitrogen and oxygen atoms in total. The Hall–Kier alpha value is -4.29. The fourth-order valence-corrected chi connectivity index (χ4v) is 7.13. The van der Waals surface area contributed by atoms with Gasteiger partial charge >= 0.3 is 35.7 Å². The average Bonchev–Trinajstić information content (AvgIpc) is 3.49. The molecular formula is C24H27N6O10S2+. The molecule has 18 heteroatoms. The van der Waals surface area contributed by atoms with Crippen molar-refractivity contribution in [1.29, 1.82) is 0 Å². The van der Waals surface area contributed by atoms with Crippen LogP contribution in [-0.4, -0.2) is 111 Å². The first-order chi connectivity index (χ1) is 20.0. The number of nitrogens with one attached hydrogen (secondary N) is 3. The first-order valence-electron chi connectivity index (χ1n) is 12.6. The molecule has 0 spiro atoms. The molecule has 0 bridgehead atoms. The molecule has 3 aliphatic heterocycles. The van der Waals surface area contributed by atoms with E-state index in [0.29, 0.717) is 4.90 Å². The molecule has 4 heterocycles. The number of fused-ring (bicyclic) bond motifs is 1. The topological polar surface area (TPSA) is 209 Å². The maximum atomic E-state index is 13.8.